The van der Waals surface area contributed by atoms with Crippen molar-refractivity contribution < 1.29 is 9.21 Å². The fraction of sp³-hybridized carbons (Fsp3) is 0.200. The molecule has 29 heavy (non-hydrogen) atoms. The van der Waals surface area contributed by atoms with E-state index in [-0.39, 0.29) is 24.1 Å². The lowest BCUT2D eigenvalue weighted by Gasteiger charge is -2.22. The number of halogens is 2. The van der Waals surface area contributed by atoms with Crippen molar-refractivity contribution in [2.45, 2.75) is 13.0 Å². The van der Waals surface area contributed by atoms with Crippen molar-refractivity contribution in [3.63, 3.8) is 0 Å². The highest BCUT2D eigenvalue weighted by Gasteiger charge is 2.27. The summed E-state index contributed by atoms with van der Waals surface area (Å²) in [6, 6.07) is 11.5. The van der Waals surface area contributed by atoms with E-state index in [0.29, 0.717) is 4.67 Å². The summed E-state index contributed by atoms with van der Waals surface area (Å²) in [6.07, 6.45) is 0.954. The summed E-state index contributed by atoms with van der Waals surface area (Å²) in [6.45, 7) is 1.89. The maximum Gasteiger partial charge on any atom is 0.292 e. The van der Waals surface area contributed by atoms with Crippen LogP contribution in [0.2, 0.25) is 0 Å². The molecule has 0 unspecified atom stereocenters. The van der Waals surface area contributed by atoms with Gasteiger partial charge in [-0.25, -0.2) is 4.98 Å². The Bertz CT molecular complexity index is 1170. The van der Waals surface area contributed by atoms with Gasteiger partial charge >= 0.3 is 0 Å². The number of furan rings is 1. The average molecular weight is 511 g/mol. The van der Waals surface area contributed by atoms with Gasteiger partial charge in [0.15, 0.2) is 10.4 Å². The lowest BCUT2D eigenvalue weighted by Crippen LogP contribution is -2.25. The number of para-hydroxylation sites is 1. The quantitative estimate of drug-likeness (QED) is 0.365. The molecule has 0 atom stereocenters. The number of hydrogen-bond acceptors (Lipinski definition) is 6. The van der Waals surface area contributed by atoms with Gasteiger partial charge in [-0.3, -0.25) is 4.79 Å². The number of nitrogens with one attached hydrogen (secondary N) is 1. The standard InChI is InChI=1S/C20H16BrN3O2S2.ClH/c1-24-9-8-11-15(10-24)28-20(23-18(25)13-6-7-16(21)26-13)17(11)19-22-12-4-2-3-5-14(12)27-19;/h2-7H,8-10H2,1H3,(H,23,25);1H. The first-order valence-electron chi connectivity index (χ1n) is 8.84. The summed E-state index contributed by atoms with van der Waals surface area (Å²) in [4.78, 5) is 21.2. The third-order valence-electron chi connectivity index (χ3n) is 4.78. The van der Waals surface area contributed by atoms with E-state index in [0.717, 1.165) is 45.3 Å². The molecule has 3 aromatic heterocycles. The number of amides is 1. The molecule has 1 aromatic carbocycles. The Morgan fingerprint density at radius 3 is 2.83 bits per heavy atom. The van der Waals surface area contributed by atoms with Crippen molar-refractivity contribution in [1.82, 2.24) is 9.88 Å². The van der Waals surface area contributed by atoms with Gasteiger partial charge in [0.2, 0.25) is 0 Å². The Balaban J connectivity index is 0.00000205. The van der Waals surface area contributed by atoms with Crippen molar-refractivity contribution in [2.75, 3.05) is 18.9 Å². The Kier molecular flexibility index (Phi) is 5.81. The molecule has 1 aliphatic heterocycles. The first-order valence-corrected chi connectivity index (χ1v) is 11.3. The number of thiophene rings is 1. The number of nitrogens with zero attached hydrogens (tertiary/aromatic N) is 2. The molecule has 5 rings (SSSR count). The van der Waals surface area contributed by atoms with Gasteiger partial charge in [-0.15, -0.1) is 35.1 Å². The summed E-state index contributed by atoms with van der Waals surface area (Å²) < 4.78 is 7.11. The van der Waals surface area contributed by atoms with Crippen LogP contribution in [0.25, 0.3) is 20.8 Å². The fourth-order valence-electron chi connectivity index (χ4n) is 3.43. The molecule has 1 amide bonds. The van der Waals surface area contributed by atoms with Crippen LogP contribution < -0.4 is 5.32 Å². The number of fused-ring (bicyclic) bond motifs is 2. The van der Waals surface area contributed by atoms with Crippen LogP contribution in [0.3, 0.4) is 0 Å². The minimum Gasteiger partial charge on any atom is -0.444 e. The molecule has 4 heterocycles. The first-order chi connectivity index (χ1) is 13.6. The minimum absolute atomic E-state index is 0. The summed E-state index contributed by atoms with van der Waals surface area (Å²) in [5, 5.41) is 4.87. The van der Waals surface area contributed by atoms with E-state index < -0.39 is 0 Å². The molecule has 0 radical (unpaired) electrons. The Labute approximate surface area is 190 Å². The topological polar surface area (TPSA) is 58.4 Å². The van der Waals surface area contributed by atoms with Gasteiger partial charge in [0, 0.05) is 23.5 Å². The highest BCUT2D eigenvalue weighted by atomic mass is 79.9. The van der Waals surface area contributed by atoms with Gasteiger partial charge in [0.25, 0.3) is 5.91 Å². The molecular formula is C20H17BrClN3O2S2. The van der Waals surface area contributed by atoms with Gasteiger partial charge in [-0.05, 0) is 59.2 Å². The number of hydrogen-bond donors (Lipinski definition) is 1. The van der Waals surface area contributed by atoms with E-state index in [9.17, 15) is 4.79 Å². The van der Waals surface area contributed by atoms with Crippen LogP contribution in [0.15, 0.2) is 45.5 Å². The number of carbonyl (C=O) groups is 1. The third-order valence-corrected chi connectivity index (χ3v) is 7.39. The van der Waals surface area contributed by atoms with Crippen LogP contribution in [0.5, 0.6) is 0 Å². The number of thiazole rings is 1. The maximum absolute atomic E-state index is 12.7. The smallest absolute Gasteiger partial charge is 0.292 e. The van der Waals surface area contributed by atoms with Crippen molar-refractivity contribution in [1.29, 1.82) is 0 Å². The van der Waals surface area contributed by atoms with E-state index in [4.69, 9.17) is 9.40 Å². The normalized spacial score (nSPS) is 13.9. The minimum atomic E-state index is -0.250. The summed E-state index contributed by atoms with van der Waals surface area (Å²) >= 11 is 6.56. The number of carbonyl (C=O) groups excluding carboxylic acids is 1. The molecule has 1 aliphatic rings. The van der Waals surface area contributed by atoms with E-state index >= 15 is 0 Å². The second kappa shape index (κ2) is 8.20. The van der Waals surface area contributed by atoms with Crippen molar-refractivity contribution >= 4 is 72.1 Å². The van der Waals surface area contributed by atoms with Crippen molar-refractivity contribution in [2.24, 2.45) is 0 Å². The van der Waals surface area contributed by atoms with Crippen molar-refractivity contribution in [3.05, 3.63) is 57.3 Å². The predicted octanol–water partition coefficient (Wildman–Crippen LogP) is 6.04. The zero-order valence-corrected chi connectivity index (χ0v) is 19.4. The number of anilines is 1. The second-order valence-corrected chi connectivity index (χ2v) is 9.66. The molecular weight excluding hydrogens is 494 g/mol. The summed E-state index contributed by atoms with van der Waals surface area (Å²) in [7, 11) is 2.12. The van der Waals surface area contributed by atoms with Crippen LogP contribution in [0, 0.1) is 0 Å². The molecule has 4 aromatic rings. The Morgan fingerprint density at radius 1 is 1.24 bits per heavy atom. The highest BCUT2D eigenvalue weighted by molar-refractivity contribution is 9.10. The van der Waals surface area contributed by atoms with Gasteiger partial charge < -0.3 is 14.6 Å². The molecule has 0 bridgehead atoms. The van der Waals surface area contributed by atoms with Crippen LogP contribution >= 0.6 is 51.0 Å². The van der Waals surface area contributed by atoms with Gasteiger partial charge in [-0.2, -0.15) is 0 Å². The van der Waals surface area contributed by atoms with Crippen molar-refractivity contribution in [3.8, 4) is 10.6 Å². The molecule has 9 heteroatoms. The maximum atomic E-state index is 12.7. The number of benzene rings is 1. The van der Waals surface area contributed by atoms with Crippen LogP contribution in [-0.2, 0) is 13.0 Å². The number of likely N-dealkylation sites (N-methyl/N-ethyl adjacent to an activating group) is 1. The molecule has 0 saturated heterocycles. The summed E-state index contributed by atoms with van der Waals surface area (Å²) in [5.41, 5.74) is 3.36. The zero-order chi connectivity index (χ0) is 19.3. The molecule has 0 fully saturated rings. The largest absolute Gasteiger partial charge is 0.444 e. The second-order valence-electron chi connectivity index (χ2n) is 6.74. The SMILES string of the molecule is CN1CCc2c(sc(NC(=O)c3ccc(Br)o3)c2-c2nc3ccccc3s2)C1.Cl. The Morgan fingerprint density at radius 2 is 2.07 bits per heavy atom. The van der Waals surface area contributed by atoms with Crippen LogP contribution in [0.4, 0.5) is 5.00 Å². The fourth-order valence-corrected chi connectivity index (χ4v) is 6.17. The Hall–Kier alpha value is -1.71. The number of rotatable bonds is 3. The predicted molar refractivity (Wildman–Crippen MR) is 125 cm³/mol. The summed E-state index contributed by atoms with van der Waals surface area (Å²) in [5.74, 6) is 0.0330. The molecule has 0 spiro atoms. The molecule has 150 valence electrons. The first kappa shape index (κ1) is 20.6. The van der Waals surface area contributed by atoms with E-state index in [1.807, 2.05) is 18.2 Å². The van der Waals surface area contributed by atoms with Gasteiger partial charge in [-0.1, -0.05) is 12.1 Å². The average Bonchev–Trinajstić information content (AvgIpc) is 3.36. The monoisotopic (exact) mass is 509 g/mol. The van der Waals surface area contributed by atoms with E-state index in [1.54, 1.807) is 34.8 Å². The number of aromatic nitrogens is 1. The highest BCUT2D eigenvalue weighted by Crippen LogP contribution is 2.45. The lowest BCUT2D eigenvalue weighted by atomic mass is 10.0. The van der Waals surface area contributed by atoms with E-state index in [1.165, 1.54) is 10.4 Å². The van der Waals surface area contributed by atoms with Gasteiger partial charge in [0.05, 0.1) is 10.2 Å². The molecule has 1 N–H and O–H groups in total. The lowest BCUT2D eigenvalue weighted by molar-refractivity contribution is 0.0996. The third kappa shape index (κ3) is 3.87. The van der Waals surface area contributed by atoms with Crippen LogP contribution in [-0.4, -0.2) is 29.4 Å². The molecule has 0 saturated carbocycles. The van der Waals surface area contributed by atoms with Gasteiger partial charge in [0.1, 0.15) is 10.0 Å². The molecule has 5 nitrogen and oxygen atoms in total. The zero-order valence-electron chi connectivity index (χ0n) is 15.4. The van der Waals surface area contributed by atoms with E-state index in [2.05, 4.69) is 39.3 Å². The molecule has 0 aliphatic carbocycles. The van der Waals surface area contributed by atoms with Crippen LogP contribution in [0.1, 0.15) is 21.0 Å².